The fourth-order valence-electron chi connectivity index (χ4n) is 2.86. The highest BCUT2D eigenvalue weighted by Crippen LogP contribution is 2.28. The zero-order chi connectivity index (χ0) is 14.8. The summed E-state index contributed by atoms with van der Waals surface area (Å²) in [6, 6.07) is 0. The molecule has 2 aromatic rings. The van der Waals surface area contributed by atoms with Crippen LogP contribution in [0.1, 0.15) is 46.9 Å². The first-order chi connectivity index (χ1) is 10.2. The third-order valence-electron chi connectivity index (χ3n) is 4.08. The summed E-state index contributed by atoms with van der Waals surface area (Å²) >= 11 is 1.19. The van der Waals surface area contributed by atoms with E-state index in [0.29, 0.717) is 10.8 Å². The molecule has 0 aliphatic carbocycles. The second kappa shape index (κ2) is 5.93. The van der Waals surface area contributed by atoms with E-state index in [-0.39, 0.29) is 5.91 Å². The van der Waals surface area contributed by atoms with Gasteiger partial charge in [-0.15, -0.1) is 5.10 Å². The molecule has 0 radical (unpaired) electrons. The van der Waals surface area contributed by atoms with Crippen molar-refractivity contribution < 1.29 is 4.79 Å². The summed E-state index contributed by atoms with van der Waals surface area (Å²) in [5, 5.41) is 3.92. The Hall–Kier alpha value is -1.76. The highest BCUT2D eigenvalue weighted by atomic mass is 32.1. The second-order valence-electron chi connectivity index (χ2n) is 5.33. The van der Waals surface area contributed by atoms with Crippen LogP contribution in [-0.4, -0.2) is 43.0 Å². The minimum atomic E-state index is 0.0692. The van der Waals surface area contributed by atoms with Gasteiger partial charge in [-0.05, 0) is 38.2 Å². The SMILES string of the molecule is CCn1ccnc1C1CCN(C(=O)c2snnc2C)CC1. The summed E-state index contributed by atoms with van der Waals surface area (Å²) in [6.07, 6.45) is 5.82. The van der Waals surface area contributed by atoms with Crippen molar-refractivity contribution in [2.24, 2.45) is 0 Å². The number of likely N-dealkylation sites (tertiary alicyclic amines) is 1. The summed E-state index contributed by atoms with van der Waals surface area (Å²) < 4.78 is 6.04. The van der Waals surface area contributed by atoms with E-state index in [1.54, 1.807) is 0 Å². The van der Waals surface area contributed by atoms with E-state index in [0.717, 1.165) is 44.0 Å². The van der Waals surface area contributed by atoms with Crippen LogP contribution in [0, 0.1) is 6.92 Å². The molecule has 0 unspecified atom stereocenters. The lowest BCUT2D eigenvalue weighted by atomic mass is 9.95. The molecule has 3 heterocycles. The van der Waals surface area contributed by atoms with Gasteiger partial charge in [0.15, 0.2) is 0 Å². The van der Waals surface area contributed by atoms with Gasteiger partial charge in [0.05, 0.1) is 5.69 Å². The minimum Gasteiger partial charge on any atom is -0.338 e. The zero-order valence-electron chi connectivity index (χ0n) is 12.3. The number of amides is 1. The first kappa shape index (κ1) is 14.2. The second-order valence-corrected chi connectivity index (χ2v) is 6.08. The maximum absolute atomic E-state index is 12.4. The summed E-state index contributed by atoms with van der Waals surface area (Å²) in [5.41, 5.74) is 0.730. The number of nitrogens with zero attached hydrogens (tertiary/aromatic N) is 5. The number of aromatic nitrogens is 4. The maximum Gasteiger partial charge on any atom is 0.267 e. The fraction of sp³-hybridized carbons (Fsp3) is 0.571. The van der Waals surface area contributed by atoms with Gasteiger partial charge >= 0.3 is 0 Å². The van der Waals surface area contributed by atoms with Gasteiger partial charge in [-0.1, -0.05) is 4.49 Å². The van der Waals surface area contributed by atoms with Crippen LogP contribution >= 0.6 is 11.5 Å². The van der Waals surface area contributed by atoms with Crippen molar-refractivity contribution in [3.8, 4) is 0 Å². The standard InChI is InChI=1S/C14H19N5OS/c1-3-18-9-6-15-13(18)11-4-7-19(8-5-11)14(20)12-10(2)16-17-21-12/h6,9,11H,3-5,7-8H2,1-2H3. The Kier molecular flexibility index (Phi) is 4.01. The molecule has 7 heteroatoms. The van der Waals surface area contributed by atoms with Crippen LogP contribution in [0.15, 0.2) is 12.4 Å². The normalized spacial score (nSPS) is 16.4. The van der Waals surface area contributed by atoms with Crippen LogP contribution in [0.4, 0.5) is 0 Å². The van der Waals surface area contributed by atoms with Crippen LogP contribution in [0.2, 0.25) is 0 Å². The Labute approximate surface area is 128 Å². The molecule has 0 saturated carbocycles. The molecule has 0 bridgehead atoms. The molecule has 2 aromatic heterocycles. The number of rotatable bonds is 3. The molecule has 3 rings (SSSR count). The zero-order valence-corrected chi connectivity index (χ0v) is 13.1. The van der Waals surface area contributed by atoms with Crippen molar-refractivity contribution in [2.45, 2.75) is 39.2 Å². The predicted octanol–water partition coefficient (Wildman–Crippen LogP) is 2.08. The average Bonchev–Trinajstić information content (AvgIpc) is 3.15. The third-order valence-corrected chi connectivity index (χ3v) is 4.90. The van der Waals surface area contributed by atoms with Gasteiger partial charge < -0.3 is 9.47 Å². The number of carbonyl (C=O) groups excluding carboxylic acids is 1. The molecular weight excluding hydrogens is 286 g/mol. The Balaban J connectivity index is 1.66. The van der Waals surface area contributed by atoms with Gasteiger partial charge in [0.1, 0.15) is 10.7 Å². The highest BCUT2D eigenvalue weighted by molar-refractivity contribution is 7.07. The van der Waals surface area contributed by atoms with E-state index >= 15 is 0 Å². The lowest BCUT2D eigenvalue weighted by Gasteiger charge is -2.31. The molecule has 0 aromatic carbocycles. The van der Waals surface area contributed by atoms with Crippen molar-refractivity contribution in [1.29, 1.82) is 0 Å². The number of aryl methyl sites for hydroxylation is 2. The first-order valence-electron chi connectivity index (χ1n) is 7.30. The Morgan fingerprint density at radius 1 is 1.43 bits per heavy atom. The first-order valence-corrected chi connectivity index (χ1v) is 8.07. The number of piperidine rings is 1. The molecule has 0 atom stereocenters. The van der Waals surface area contributed by atoms with Crippen molar-refractivity contribution >= 4 is 17.4 Å². The number of imidazole rings is 1. The predicted molar refractivity (Wildman–Crippen MR) is 80.4 cm³/mol. The van der Waals surface area contributed by atoms with E-state index in [2.05, 4.69) is 26.1 Å². The van der Waals surface area contributed by atoms with E-state index in [1.807, 2.05) is 24.2 Å². The van der Waals surface area contributed by atoms with Crippen LogP contribution in [0.25, 0.3) is 0 Å². The number of carbonyl (C=O) groups is 1. The van der Waals surface area contributed by atoms with Gasteiger partial charge in [-0.25, -0.2) is 4.98 Å². The summed E-state index contributed by atoms with van der Waals surface area (Å²) in [5.74, 6) is 1.67. The molecule has 1 fully saturated rings. The molecule has 112 valence electrons. The van der Waals surface area contributed by atoms with Crippen molar-refractivity contribution in [3.63, 3.8) is 0 Å². The Morgan fingerprint density at radius 3 is 2.81 bits per heavy atom. The lowest BCUT2D eigenvalue weighted by molar-refractivity contribution is 0.0714. The van der Waals surface area contributed by atoms with Gasteiger partial charge in [0.25, 0.3) is 5.91 Å². The molecule has 6 nitrogen and oxygen atoms in total. The molecule has 1 amide bonds. The molecule has 1 saturated heterocycles. The summed E-state index contributed by atoms with van der Waals surface area (Å²) in [7, 11) is 0. The molecule has 1 aliphatic rings. The number of hydrogen-bond acceptors (Lipinski definition) is 5. The van der Waals surface area contributed by atoms with E-state index in [4.69, 9.17) is 0 Å². The summed E-state index contributed by atoms with van der Waals surface area (Å²) in [6.45, 7) is 6.46. The topological polar surface area (TPSA) is 63.9 Å². The minimum absolute atomic E-state index is 0.0692. The lowest BCUT2D eigenvalue weighted by Crippen LogP contribution is -2.38. The fourth-order valence-corrected chi connectivity index (χ4v) is 3.49. The Morgan fingerprint density at radius 2 is 2.19 bits per heavy atom. The number of hydrogen-bond donors (Lipinski definition) is 0. The van der Waals surface area contributed by atoms with Crippen LogP contribution in [0.5, 0.6) is 0 Å². The van der Waals surface area contributed by atoms with Crippen molar-refractivity contribution in [2.75, 3.05) is 13.1 Å². The van der Waals surface area contributed by atoms with Crippen LogP contribution < -0.4 is 0 Å². The molecular formula is C14H19N5OS. The van der Waals surface area contributed by atoms with E-state index < -0.39 is 0 Å². The van der Waals surface area contributed by atoms with Gasteiger partial charge in [0.2, 0.25) is 0 Å². The largest absolute Gasteiger partial charge is 0.338 e. The summed E-state index contributed by atoms with van der Waals surface area (Å²) in [4.78, 5) is 19.5. The maximum atomic E-state index is 12.4. The molecule has 21 heavy (non-hydrogen) atoms. The van der Waals surface area contributed by atoms with Crippen molar-refractivity contribution in [1.82, 2.24) is 24.0 Å². The molecule has 0 spiro atoms. The Bertz CT molecular complexity index is 627. The van der Waals surface area contributed by atoms with Crippen molar-refractivity contribution in [3.05, 3.63) is 28.8 Å². The average molecular weight is 305 g/mol. The monoisotopic (exact) mass is 305 g/mol. The third kappa shape index (κ3) is 2.70. The van der Waals surface area contributed by atoms with E-state index in [9.17, 15) is 4.79 Å². The molecule has 1 aliphatic heterocycles. The van der Waals surface area contributed by atoms with Crippen LogP contribution in [0.3, 0.4) is 0 Å². The quantitative estimate of drug-likeness (QED) is 0.871. The van der Waals surface area contributed by atoms with E-state index in [1.165, 1.54) is 11.5 Å². The van der Waals surface area contributed by atoms with Gasteiger partial charge in [-0.3, -0.25) is 4.79 Å². The molecule has 0 N–H and O–H groups in total. The van der Waals surface area contributed by atoms with Gasteiger partial charge in [0, 0.05) is 37.9 Å². The van der Waals surface area contributed by atoms with Gasteiger partial charge in [-0.2, -0.15) is 0 Å². The highest BCUT2D eigenvalue weighted by Gasteiger charge is 2.28. The smallest absolute Gasteiger partial charge is 0.267 e. The van der Waals surface area contributed by atoms with Crippen LogP contribution in [-0.2, 0) is 6.54 Å².